The molecule has 6 nitrogen and oxygen atoms in total. The number of carbonyl (C=O) groups excluding carboxylic acids is 1. The van der Waals surface area contributed by atoms with Crippen LogP contribution >= 0.6 is 11.8 Å². The summed E-state index contributed by atoms with van der Waals surface area (Å²) in [6, 6.07) is 4.40. The van der Waals surface area contributed by atoms with Crippen LogP contribution in [0.5, 0.6) is 0 Å². The molecule has 0 spiro atoms. The maximum atomic E-state index is 13.1. The number of hydrogen-bond donors (Lipinski definition) is 0. The summed E-state index contributed by atoms with van der Waals surface area (Å²) in [5.74, 6) is 0.942. The lowest BCUT2D eigenvalue weighted by Crippen LogP contribution is -2.50. The lowest BCUT2D eigenvalue weighted by molar-refractivity contribution is -0.136. The third-order valence-electron chi connectivity index (χ3n) is 5.04. The van der Waals surface area contributed by atoms with Crippen molar-refractivity contribution in [3.8, 4) is 11.4 Å². The van der Waals surface area contributed by atoms with Crippen LogP contribution in [0.2, 0.25) is 0 Å². The molecule has 1 aliphatic heterocycles. The summed E-state index contributed by atoms with van der Waals surface area (Å²) < 4.78 is 2.00. The number of carbonyl (C=O) groups is 1. The van der Waals surface area contributed by atoms with Crippen LogP contribution in [0.15, 0.2) is 42.3 Å². The van der Waals surface area contributed by atoms with Gasteiger partial charge in [0.1, 0.15) is 0 Å². The number of allylic oxidation sites excluding steroid dienone is 1. The Hall–Kier alpha value is -2.15. The van der Waals surface area contributed by atoms with Gasteiger partial charge < -0.3 is 4.90 Å². The highest BCUT2D eigenvalue weighted by Crippen LogP contribution is 2.30. The lowest BCUT2D eigenvalue weighted by Gasteiger charge is -2.40. The van der Waals surface area contributed by atoms with E-state index in [0.717, 1.165) is 29.4 Å². The summed E-state index contributed by atoms with van der Waals surface area (Å²) in [5, 5.41) is 9.22. The predicted molar refractivity (Wildman–Crippen MR) is 108 cm³/mol. The molecule has 144 valence electrons. The SMILES string of the molecule is C=CCn1c(S[C@H](C)C(=O)N2[C@@H](C)CCC[C@@H]2C)nnc1-c1ccncc1. The molecule has 0 N–H and O–H groups in total. The van der Waals surface area contributed by atoms with Gasteiger partial charge in [-0.25, -0.2) is 0 Å². The smallest absolute Gasteiger partial charge is 0.236 e. The Morgan fingerprint density at radius 3 is 2.59 bits per heavy atom. The van der Waals surface area contributed by atoms with E-state index in [4.69, 9.17) is 0 Å². The Morgan fingerprint density at radius 1 is 1.30 bits per heavy atom. The van der Waals surface area contributed by atoms with Crippen molar-refractivity contribution >= 4 is 17.7 Å². The fourth-order valence-corrected chi connectivity index (χ4v) is 4.57. The van der Waals surface area contributed by atoms with Crippen LogP contribution in [-0.2, 0) is 11.3 Å². The highest BCUT2D eigenvalue weighted by molar-refractivity contribution is 8.00. The van der Waals surface area contributed by atoms with Gasteiger partial charge in [-0.2, -0.15) is 0 Å². The monoisotopic (exact) mass is 385 g/mol. The minimum atomic E-state index is -0.217. The first-order valence-corrected chi connectivity index (χ1v) is 10.3. The molecule has 0 saturated carbocycles. The summed E-state index contributed by atoms with van der Waals surface area (Å²) >= 11 is 1.47. The number of piperidine rings is 1. The molecule has 0 bridgehead atoms. The molecule has 0 radical (unpaired) electrons. The summed E-state index contributed by atoms with van der Waals surface area (Å²) in [6.07, 6.45) is 8.63. The van der Waals surface area contributed by atoms with Crippen LogP contribution in [0.25, 0.3) is 11.4 Å². The molecule has 0 aromatic carbocycles. The van der Waals surface area contributed by atoms with Gasteiger partial charge in [0.05, 0.1) is 5.25 Å². The van der Waals surface area contributed by atoms with E-state index >= 15 is 0 Å². The third-order valence-corrected chi connectivity index (χ3v) is 6.11. The average Bonchev–Trinajstić information content (AvgIpc) is 3.05. The molecule has 3 heterocycles. The van der Waals surface area contributed by atoms with E-state index in [1.807, 2.05) is 29.7 Å². The molecule has 2 aromatic rings. The molecule has 2 aromatic heterocycles. The fraction of sp³-hybridized carbons (Fsp3) is 0.500. The van der Waals surface area contributed by atoms with Gasteiger partial charge in [0.2, 0.25) is 5.91 Å². The van der Waals surface area contributed by atoms with Crippen molar-refractivity contribution in [3.63, 3.8) is 0 Å². The molecule has 0 unspecified atom stereocenters. The number of rotatable bonds is 6. The van der Waals surface area contributed by atoms with Gasteiger partial charge in [-0.3, -0.25) is 14.3 Å². The zero-order valence-electron chi connectivity index (χ0n) is 16.2. The zero-order valence-corrected chi connectivity index (χ0v) is 17.0. The molecule has 27 heavy (non-hydrogen) atoms. The van der Waals surface area contributed by atoms with Crippen LogP contribution in [0.3, 0.4) is 0 Å². The minimum absolute atomic E-state index is 0.179. The molecule has 0 aliphatic carbocycles. The summed E-state index contributed by atoms with van der Waals surface area (Å²) in [7, 11) is 0. The normalized spacial score (nSPS) is 21.1. The highest BCUT2D eigenvalue weighted by atomic mass is 32.2. The molecule has 1 fully saturated rings. The first-order valence-electron chi connectivity index (χ1n) is 9.46. The second kappa shape index (κ2) is 8.69. The molecule has 3 atom stereocenters. The first-order chi connectivity index (χ1) is 13.0. The molecular formula is C20H27N5OS. The number of likely N-dealkylation sites (tertiary alicyclic amines) is 1. The van der Waals surface area contributed by atoms with Gasteiger partial charge in [0.25, 0.3) is 0 Å². The van der Waals surface area contributed by atoms with Crippen molar-refractivity contribution in [3.05, 3.63) is 37.2 Å². The maximum Gasteiger partial charge on any atom is 0.236 e. The second-order valence-electron chi connectivity index (χ2n) is 7.08. The van der Waals surface area contributed by atoms with E-state index in [1.165, 1.54) is 18.2 Å². The topological polar surface area (TPSA) is 63.9 Å². The Labute approximate surface area is 165 Å². The second-order valence-corrected chi connectivity index (χ2v) is 8.38. The van der Waals surface area contributed by atoms with Crippen molar-refractivity contribution in [1.82, 2.24) is 24.6 Å². The van der Waals surface area contributed by atoms with Crippen LogP contribution in [-0.4, -0.2) is 47.9 Å². The standard InChI is InChI=1S/C20H27N5OS/c1-5-13-24-18(17-9-11-21-12-10-17)22-23-20(24)27-16(4)19(26)25-14(2)7-6-8-15(25)3/h5,9-12,14-16H,1,6-8,13H2,2-4H3/t14-,15-,16+/m0/s1. The highest BCUT2D eigenvalue weighted by Gasteiger charge is 2.32. The van der Waals surface area contributed by atoms with E-state index in [1.54, 1.807) is 12.4 Å². The summed E-state index contributed by atoms with van der Waals surface area (Å²) in [5.41, 5.74) is 0.948. The maximum absolute atomic E-state index is 13.1. The lowest BCUT2D eigenvalue weighted by atomic mass is 9.97. The van der Waals surface area contributed by atoms with Crippen LogP contribution in [0.1, 0.15) is 40.0 Å². The Bertz CT molecular complexity index is 781. The van der Waals surface area contributed by atoms with E-state index in [0.29, 0.717) is 18.6 Å². The minimum Gasteiger partial charge on any atom is -0.336 e. The molecule has 1 amide bonds. The molecule has 7 heteroatoms. The van der Waals surface area contributed by atoms with Gasteiger partial charge in [0.15, 0.2) is 11.0 Å². The Kier molecular flexibility index (Phi) is 6.31. The van der Waals surface area contributed by atoms with Crippen molar-refractivity contribution in [2.45, 2.75) is 69.1 Å². The zero-order chi connectivity index (χ0) is 19.4. The number of nitrogens with zero attached hydrogens (tertiary/aromatic N) is 5. The van der Waals surface area contributed by atoms with E-state index in [9.17, 15) is 4.79 Å². The van der Waals surface area contributed by atoms with Gasteiger partial charge in [-0.1, -0.05) is 17.8 Å². The number of thioether (sulfide) groups is 1. The quantitative estimate of drug-likeness (QED) is 0.559. The van der Waals surface area contributed by atoms with Crippen LogP contribution in [0, 0.1) is 0 Å². The fourth-order valence-electron chi connectivity index (χ4n) is 3.66. The molecule has 1 aliphatic rings. The predicted octanol–water partition coefficient (Wildman–Crippen LogP) is 3.80. The van der Waals surface area contributed by atoms with E-state index < -0.39 is 0 Å². The first kappa shape index (κ1) is 19.6. The van der Waals surface area contributed by atoms with Gasteiger partial charge in [-0.05, 0) is 52.2 Å². The van der Waals surface area contributed by atoms with Crippen LogP contribution < -0.4 is 0 Å². The van der Waals surface area contributed by atoms with E-state index in [-0.39, 0.29) is 11.2 Å². The van der Waals surface area contributed by atoms with Gasteiger partial charge in [0, 0.05) is 36.6 Å². The molecule has 3 rings (SSSR count). The van der Waals surface area contributed by atoms with Crippen LogP contribution in [0.4, 0.5) is 0 Å². The van der Waals surface area contributed by atoms with Gasteiger partial charge >= 0.3 is 0 Å². The van der Waals surface area contributed by atoms with Crippen molar-refractivity contribution in [2.24, 2.45) is 0 Å². The number of pyridine rings is 1. The number of aromatic nitrogens is 4. The Balaban J connectivity index is 1.81. The number of amides is 1. The Morgan fingerprint density at radius 2 is 1.96 bits per heavy atom. The summed E-state index contributed by atoms with van der Waals surface area (Å²) in [6.45, 7) is 10.7. The third kappa shape index (κ3) is 4.24. The van der Waals surface area contributed by atoms with E-state index in [2.05, 4.69) is 40.5 Å². The number of hydrogen-bond acceptors (Lipinski definition) is 5. The molecule has 1 saturated heterocycles. The van der Waals surface area contributed by atoms with Crippen molar-refractivity contribution in [2.75, 3.05) is 0 Å². The largest absolute Gasteiger partial charge is 0.336 e. The van der Waals surface area contributed by atoms with Crippen molar-refractivity contribution in [1.29, 1.82) is 0 Å². The van der Waals surface area contributed by atoms with Gasteiger partial charge in [-0.15, -0.1) is 16.8 Å². The average molecular weight is 386 g/mol. The molecular weight excluding hydrogens is 358 g/mol. The van der Waals surface area contributed by atoms with Crippen molar-refractivity contribution < 1.29 is 4.79 Å². The summed E-state index contributed by atoms with van der Waals surface area (Å²) in [4.78, 5) is 19.2.